The van der Waals surface area contributed by atoms with Crippen LogP contribution in [0.15, 0.2) is 42.5 Å². The summed E-state index contributed by atoms with van der Waals surface area (Å²) in [5, 5.41) is 2.77. The molecule has 2 N–H and O–H groups in total. The molecular formula is C22H19FN2O4. The van der Waals surface area contributed by atoms with Gasteiger partial charge in [0.1, 0.15) is 11.6 Å². The Bertz CT molecular complexity index is 1140. The smallest absolute Gasteiger partial charge is 0.340 e. The van der Waals surface area contributed by atoms with Crippen molar-refractivity contribution in [2.75, 3.05) is 19.5 Å². The minimum Gasteiger partial charge on any atom is -0.497 e. The van der Waals surface area contributed by atoms with Crippen molar-refractivity contribution in [3.05, 3.63) is 70.7 Å². The second kappa shape index (κ2) is 7.09. The zero-order valence-corrected chi connectivity index (χ0v) is 16.1. The molecule has 2 aromatic carbocycles. The fraction of sp³-hybridized carbons (Fsp3) is 0.182. The number of aromatic nitrogens is 1. The molecule has 0 radical (unpaired) electrons. The average molecular weight is 394 g/mol. The van der Waals surface area contributed by atoms with E-state index in [1.165, 1.54) is 25.3 Å². The van der Waals surface area contributed by atoms with E-state index >= 15 is 0 Å². The third-order valence-electron chi connectivity index (χ3n) is 5.11. The maximum atomic E-state index is 14.0. The molecule has 29 heavy (non-hydrogen) atoms. The van der Waals surface area contributed by atoms with E-state index < -0.39 is 17.7 Å². The Kier molecular flexibility index (Phi) is 4.58. The van der Waals surface area contributed by atoms with E-state index in [-0.39, 0.29) is 11.5 Å². The molecule has 0 unspecified atom stereocenters. The minimum absolute atomic E-state index is 0.266. The lowest BCUT2D eigenvalue weighted by molar-refractivity contribution is -0.116. The van der Waals surface area contributed by atoms with E-state index in [1.54, 1.807) is 26.2 Å². The van der Waals surface area contributed by atoms with Gasteiger partial charge in [0, 0.05) is 22.5 Å². The molecule has 3 aromatic rings. The highest BCUT2D eigenvalue weighted by atomic mass is 19.1. The normalized spacial score (nSPS) is 15.0. The van der Waals surface area contributed by atoms with Gasteiger partial charge < -0.3 is 19.8 Å². The molecule has 148 valence electrons. The topological polar surface area (TPSA) is 80.4 Å². The number of aryl methyl sites for hydroxylation is 1. The number of ether oxygens (including phenoxy) is 2. The molecule has 0 fully saturated rings. The van der Waals surface area contributed by atoms with Gasteiger partial charge >= 0.3 is 5.97 Å². The van der Waals surface area contributed by atoms with E-state index in [0.29, 0.717) is 34.0 Å². The number of hydrogen-bond acceptors (Lipinski definition) is 4. The zero-order chi connectivity index (χ0) is 20.7. The number of benzene rings is 2. The van der Waals surface area contributed by atoms with Crippen LogP contribution in [0, 0.1) is 12.7 Å². The van der Waals surface area contributed by atoms with Crippen molar-refractivity contribution in [3.63, 3.8) is 0 Å². The molecule has 0 spiro atoms. The number of carbonyl (C=O) groups excluding carboxylic acids is 2. The number of anilines is 1. The number of fused-ring (bicyclic) bond motifs is 1. The molecule has 4 rings (SSSR count). The first-order valence-electron chi connectivity index (χ1n) is 9.00. The molecule has 0 aliphatic carbocycles. The van der Waals surface area contributed by atoms with Crippen LogP contribution in [0.4, 0.5) is 10.1 Å². The van der Waals surface area contributed by atoms with Gasteiger partial charge in [0.15, 0.2) is 0 Å². The molecule has 1 aromatic heterocycles. The zero-order valence-electron chi connectivity index (χ0n) is 16.1. The number of methoxy groups -OCH3 is 2. The highest BCUT2D eigenvalue weighted by Crippen LogP contribution is 2.44. The van der Waals surface area contributed by atoms with Crippen LogP contribution in [-0.4, -0.2) is 31.1 Å². The van der Waals surface area contributed by atoms with Gasteiger partial charge in [-0.25, -0.2) is 9.18 Å². The molecular weight excluding hydrogens is 375 g/mol. The maximum absolute atomic E-state index is 14.0. The van der Waals surface area contributed by atoms with Gasteiger partial charge in [0.2, 0.25) is 5.91 Å². The summed E-state index contributed by atoms with van der Waals surface area (Å²) >= 11 is 0. The lowest BCUT2D eigenvalue weighted by Crippen LogP contribution is -2.17. The van der Waals surface area contributed by atoms with Gasteiger partial charge in [0.25, 0.3) is 0 Å². The second-order valence-electron chi connectivity index (χ2n) is 6.79. The number of halogens is 1. The van der Waals surface area contributed by atoms with Gasteiger partial charge in [-0.3, -0.25) is 4.79 Å². The molecule has 0 saturated heterocycles. The van der Waals surface area contributed by atoms with Crippen LogP contribution in [0.5, 0.6) is 5.75 Å². The summed E-state index contributed by atoms with van der Waals surface area (Å²) in [6.45, 7) is 1.73. The number of nitrogens with one attached hydrogen (secondary N) is 2. The van der Waals surface area contributed by atoms with Crippen molar-refractivity contribution in [2.24, 2.45) is 0 Å². The number of carbonyl (C=O) groups is 2. The quantitative estimate of drug-likeness (QED) is 0.656. The van der Waals surface area contributed by atoms with E-state index in [2.05, 4.69) is 10.3 Å². The summed E-state index contributed by atoms with van der Waals surface area (Å²) < 4.78 is 24.3. The first kappa shape index (κ1) is 18.7. The molecule has 1 aliphatic heterocycles. The summed E-state index contributed by atoms with van der Waals surface area (Å²) in [5.41, 5.74) is 3.58. The van der Waals surface area contributed by atoms with Crippen molar-refractivity contribution in [1.82, 2.24) is 4.98 Å². The summed E-state index contributed by atoms with van der Waals surface area (Å²) in [5.74, 6) is -1.59. The lowest BCUT2D eigenvalue weighted by atomic mass is 9.87. The molecule has 0 saturated carbocycles. The van der Waals surface area contributed by atoms with Crippen LogP contribution in [0.3, 0.4) is 0 Å². The van der Waals surface area contributed by atoms with Crippen LogP contribution in [-0.2, 0) is 9.53 Å². The van der Waals surface area contributed by atoms with Crippen molar-refractivity contribution in [2.45, 2.75) is 12.8 Å². The fourth-order valence-corrected chi connectivity index (χ4v) is 3.82. The Morgan fingerprint density at radius 2 is 1.93 bits per heavy atom. The summed E-state index contributed by atoms with van der Waals surface area (Å²) in [6, 6.07) is 11.4. The number of esters is 1. The largest absolute Gasteiger partial charge is 0.497 e. The Hall–Kier alpha value is -3.61. The minimum atomic E-state index is -0.860. The first-order chi connectivity index (χ1) is 13.9. The first-order valence-corrected chi connectivity index (χ1v) is 9.00. The van der Waals surface area contributed by atoms with E-state index in [9.17, 15) is 14.0 Å². The van der Waals surface area contributed by atoms with E-state index in [1.807, 2.05) is 12.1 Å². The average Bonchev–Trinajstić information content (AvgIpc) is 3.22. The highest BCUT2D eigenvalue weighted by molar-refractivity contribution is 6.08. The fourth-order valence-electron chi connectivity index (χ4n) is 3.82. The molecule has 2 heterocycles. The Morgan fingerprint density at radius 3 is 2.66 bits per heavy atom. The van der Waals surface area contributed by atoms with Crippen LogP contribution in [0.25, 0.3) is 11.3 Å². The van der Waals surface area contributed by atoms with Crippen LogP contribution in [0.1, 0.15) is 33.1 Å². The number of aromatic amines is 1. The number of hydrogen-bond donors (Lipinski definition) is 2. The Balaban J connectivity index is 2.00. The highest BCUT2D eigenvalue weighted by Gasteiger charge is 2.39. The van der Waals surface area contributed by atoms with E-state index in [0.717, 1.165) is 5.56 Å². The van der Waals surface area contributed by atoms with Crippen molar-refractivity contribution in [1.29, 1.82) is 0 Å². The van der Waals surface area contributed by atoms with Crippen LogP contribution < -0.4 is 10.1 Å². The lowest BCUT2D eigenvalue weighted by Gasteiger charge is -2.14. The SMILES string of the molecule is COC(=O)c1c(C)[nH]c(-c2cccc(OC)c2)c1[C@@H]1C(=O)Nc2ccc(F)cc21. The summed E-state index contributed by atoms with van der Waals surface area (Å²) in [4.78, 5) is 28.7. The molecule has 7 heteroatoms. The third-order valence-corrected chi connectivity index (χ3v) is 5.11. The van der Waals surface area contributed by atoms with Crippen molar-refractivity contribution >= 4 is 17.6 Å². The monoisotopic (exact) mass is 394 g/mol. The molecule has 1 aliphatic rings. The van der Waals surface area contributed by atoms with E-state index in [4.69, 9.17) is 9.47 Å². The predicted octanol–water partition coefficient (Wildman–Crippen LogP) is 4.01. The number of amides is 1. The van der Waals surface area contributed by atoms with Crippen LogP contribution in [0.2, 0.25) is 0 Å². The number of rotatable bonds is 4. The molecule has 1 atom stereocenters. The van der Waals surface area contributed by atoms with Crippen molar-refractivity contribution in [3.8, 4) is 17.0 Å². The van der Waals surface area contributed by atoms with Gasteiger partial charge in [-0.2, -0.15) is 0 Å². The predicted molar refractivity (Wildman–Crippen MR) is 106 cm³/mol. The van der Waals surface area contributed by atoms with Gasteiger partial charge in [-0.15, -0.1) is 0 Å². The standard InChI is InChI=1S/C22H19FN2O4/c1-11-17(22(27)29-3)19(20(24-11)12-5-4-6-14(9-12)28-2)18-15-10-13(23)7-8-16(15)25-21(18)26/h4-10,18,24H,1-3H3,(H,25,26)/t18-/m1/s1. The summed E-state index contributed by atoms with van der Waals surface area (Å²) in [6.07, 6.45) is 0. The third kappa shape index (κ3) is 3.04. The Labute approximate surface area is 166 Å². The molecule has 6 nitrogen and oxygen atoms in total. The van der Waals surface area contributed by atoms with Gasteiger partial charge in [-0.1, -0.05) is 12.1 Å². The second-order valence-corrected chi connectivity index (χ2v) is 6.79. The summed E-state index contributed by atoms with van der Waals surface area (Å²) in [7, 11) is 2.84. The number of H-pyrrole nitrogens is 1. The Morgan fingerprint density at radius 1 is 1.14 bits per heavy atom. The maximum Gasteiger partial charge on any atom is 0.340 e. The molecule has 1 amide bonds. The van der Waals surface area contributed by atoms with Gasteiger partial charge in [-0.05, 0) is 42.8 Å². The van der Waals surface area contributed by atoms with Gasteiger partial charge in [0.05, 0.1) is 31.4 Å². The van der Waals surface area contributed by atoms with Crippen LogP contribution >= 0.6 is 0 Å². The van der Waals surface area contributed by atoms with Crippen molar-refractivity contribution < 1.29 is 23.5 Å². The molecule has 0 bridgehead atoms.